The molecule has 3 heteroatoms. The van der Waals surface area contributed by atoms with Gasteiger partial charge in [0.05, 0.1) is 11.1 Å². The average Bonchev–Trinajstić information content (AvgIpc) is 2.01. The van der Waals surface area contributed by atoms with Crippen molar-refractivity contribution < 1.29 is 10.2 Å². The van der Waals surface area contributed by atoms with Crippen molar-refractivity contribution in [2.24, 2.45) is 0 Å². The molecule has 0 aliphatic heterocycles. The molecule has 0 saturated heterocycles. The summed E-state index contributed by atoms with van der Waals surface area (Å²) < 4.78 is 0.583. The molecule has 1 aromatic rings. The molecule has 0 bridgehead atoms. The fourth-order valence-corrected chi connectivity index (χ4v) is 1.40. The molecule has 0 spiro atoms. The largest absolute Gasteiger partial charge is 0.506 e. The minimum absolute atomic E-state index is 0.0611. The number of phenols is 1. The summed E-state index contributed by atoms with van der Waals surface area (Å²) in [6.45, 7) is 1.75. The Morgan fingerprint density at radius 2 is 2.09 bits per heavy atom. The Balaban J connectivity index is 3.25. The minimum atomic E-state index is -0.0611. The van der Waals surface area contributed by atoms with Crippen molar-refractivity contribution in [1.29, 1.82) is 0 Å². The zero-order chi connectivity index (χ0) is 8.43. The van der Waals surface area contributed by atoms with Gasteiger partial charge in [0.1, 0.15) is 5.75 Å². The Bertz CT molecular complexity index is 271. The van der Waals surface area contributed by atoms with Crippen LogP contribution in [-0.4, -0.2) is 10.2 Å². The molecule has 0 aliphatic rings. The smallest absolute Gasteiger partial charge is 0.133 e. The second kappa shape index (κ2) is 3.24. The summed E-state index contributed by atoms with van der Waals surface area (Å²) in [4.78, 5) is 0. The van der Waals surface area contributed by atoms with Gasteiger partial charge in [0.15, 0.2) is 0 Å². The van der Waals surface area contributed by atoms with E-state index in [1.165, 1.54) is 0 Å². The van der Waals surface area contributed by atoms with Gasteiger partial charge >= 0.3 is 0 Å². The lowest BCUT2D eigenvalue weighted by molar-refractivity contribution is 0.280. The van der Waals surface area contributed by atoms with Gasteiger partial charge in [-0.1, -0.05) is 12.1 Å². The molecule has 0 aromatic heterocycles. The van der Waals surface area contributed by atoms with Crippen LogP contribution in [-0.2, 0) is 6.61 Å². The first kappa shape index (κ1) is 8.56. The Morgan fingerprint density at radius 3 is 2.64 bits per heavy atom. The SMILES string of the molecule is Cc1ccc(CO)c(Br)c1O. The number of benzene rings is 1. The number of halogens is 1. The van der Waals surface area contributed by atoms with Gasteiger partial charge in [-0.25, -0.2) is 0 Å². The maximum Gasteiger partial charge on any atom is 0.133 e. The van der Waals surface area contributed by atoms with E-state index in [1.54, 1.807) is 19.1 Å². The van der Waals surface area contributed by atoms with E-state index in [0.29, 0.717) is 10.0 Å². The highest BCUT2D eigenvalue weighted by Gasteiger charge is 2.05. The molecule has 0 fully saturated rings. The summed E-state index contributed by atoms with van der Waals surface area (Å²) in [7, 11) is 0. The zero-order valence-electron chi connectivity index (χ0n) is 6.13. The number of aromatic hydroxyl groups is 1. The fraction of sp³-hybridized carbons (Fsp3) is 0.250. The van der Waals surface area contributed by atoms with Crippen molar-refractivity contribution >= 4 is 15.9 Å². The topological polar surface area (TPSA) is 40.5 Å². The van der Waals surface area contributed by atoms with Crippen LogP contribution in [0.3, 0.4) is 0 Å². The molecule has 2 N–H and O–H groups in total. The molecule has 1 aromatic carbocycles. The number of hydrogen-bond acceptors (Lipinski definition) is 2. The third-order valence-corrected chi connectivity index (χ3v) is 2.45. The van der Waals surface area contributed by atoms with E-state index in [9.17, 15) is 5.11 Å². The Kier molecular flexibility index (Phi) is 2.52. The van der Waals surface area contributed by atoms with E-state index >= 15 is 0 Å². The summed E-state index contributed by atoms with van der Waals surface area (Å²) in [5, 5.41) is 18.2. The molecule has 0 radical (unpaired) electrons. The molecule has 0 aliphatic carbocycles. The van der Waals surface area contributed by atoms with Crippen LogP contribution in [0.1, 0.15) is 11.1 Å². The maximum absolute atomic E-state index is 9.36. The molecule has 11 heavy (non-hydrogen) atoms. The Labute approximate surface area is 73.6 Å². The summed E-state index contributed by atoms with van der Waals surface area (Å²) in [6.07, 6.45) is 0. The minimum Gasteiger partial charge on any atom is -0.506 e. The maximum atomic E-state index is 9.36. The lowest BCUT2D eigenvalue weighted by atomic mass is 10.1. The number of aliphatic hydroxyl groups excluding tert-OH is 1. The van der Waals surface area contributed by atoms with Gasteiger partial charge in [-0.2, -0.15) is 0 Å². The third-order valence-electron chi connectivity index (χ3n) is 1.57. The van der Waals surface area contributed by atoms with Crippen LogP contribution in [0.5, 0.6) is 5.75 Å². The first-order chi connectivity index (χ1) is 5.16. The van der Waals surface area contributed by atoms with E-state index in [4.69, 9.17) is 5.11 Å². The number of aliphatic hydroxyl groups is 1. The van der Waals surface area contributed by atoms with Crippen LogP contribution in [0.15, 0.2) is 16.6 Å². The molecule has 0 atom stereocenters. The van der Waals surface area contributed by atoms with Crippen LogP contribution >= 0.6 is 15.9 Å². The van der Waals surface area contributed by atoms with E-state index in [0.717, 1.165) is 5.56 Å². The normalized spacial score (nSPS) is 10.1. The molecule has 60 valence electrons. The van der Waals surface area contributed by atoms with Crippen LogP contribution in [0.2, 0.25) is 0 Å². The Morgan fingerprint density at radius 1 is 1.45 bits per heavy atom. The van der Waals surface area contributed by atoms with Gasteiger partial charge in [-0.05, 0) is 34.0 Å². The van der Waals surface area contributed by atoms with Crippen molar-refractivity contribution in [3.05, 3.63) is 27.7 Å². The first-order valence-electron chi connectivity index (χ1n) is 3.24. The highest BCUT2D eigenvalue weighted by molar-refractivity contribution is 9.10. The standard InChI is InChI=1S/C8H9BrO2/c1-5-2-3-6(4-10)7(9)8(5)11/h2-3,10-11H,4H2,1H3. The lowest BCUT2D eigenvalue weighted by Gasteiger charge is -2.04. The predicted octanol–water partition coefficient (Wildman–Crippen LogP) is 1.96. The number of aryl methyl sites for hydroxylation is 1. The van der Waals surface area contributed by atoms with E-state index < -0.39 is 0 Å². The van der Waals surface area contributed by atoms with Crippen molar-refractivity contribution in [3.63, 3.8) is 0 Å². The molecule has 0 amide bonds. The average molecular weight is 217 g/mol. The van der Waals surface area contributed by atoms with Crippen molar-refractivity contribution in [3.8, 4) is 5.75 Å². The molecule has 0 saturated carbocycles. The summed E-state index contributed by atoms with van der Waals surface area (Å²) >= 11 is 3.18. The number of rotatable bonds is 1. The second-order valence-electron chi connectivity index (χ2n) is 2.36. The molecule has 2 nitrogen and oxygen atoms in total. The fourth-order valence-electron chi connectivity index (χ4n) is 0.825. The van der Waals surface area contributed by atoms with Crippen molar-refractivity contribution in [2.45, 2.75) is 13.5 Å². The molecule has 0 heterocycles. The highest BCUT2D eigenvalue weighted by Crippen LogP contribution is 2.30. The summed E-state index contributed by atoms with van der Waals surface area (Å²) in [6, 6.07) is 3.55. The zero-order valence-corrected chi connectivity index (χ0v) is 7.72. The van der Waals surface area contributed by atoms with Gasteiger partial charge in [-0.3, -0.25) is 0 Å². The Hall–Kier alpha value is -0.540. The third kappa shape index (κ3) is 1.54. The van der Waals surface area contributed by atoms with Gasteiger partial charge < -0.3 is 10.2 Å². The van der Waals surface area contributed by atoms with Gasteiger partial charge in [0.25, 0.3) is 0 Å². The van der Waals surface area contributed by atoms with E-state index in [2.05, 4.69) is 15.9 Å². The monoisotopic (exact) mass is 216 g/mol. The van der Waals surface area contributed by atoms with Gasteiger partial charge in [0, 0.05) is 0 Å². The van der Waals surface area contributed by atoms with Gasteiger partial charge in [-0.15, -0.1) is 0 Å². The van der Waals surface area contributed by atoms with Gasteiger partial charge in [0.2, 0.25) is 0 Å². The van der Waals surface area contributed by atoms with E-state index in [-0.39, 0.29) is 12.4 Å². The van der Waals surface area contributed by atoms with Crippen molar-refractivity contribution in [1.82, 2.24) is 0 Å². The van der Waals surface area contributed by atoms with Crippen LogP contribution in [0.4, 0.5) is 0 Å². The second-order valence-corrected chi connectivity index (χ2v) is 3.16. The summed E-state index contributed by atoms with van der Waals surface area (Å²) in [5.74, 6) is 0.205. The van der Waals surface area contributed by atoms with E-state index in [1.807, 2.05) is 0 Å². The molecular formula is C8H9BrO2. The number of phenolic OH excluding ortho intramolecular Hbond substituents is 1. The number of hydrogen-bond donors (Lipinski definition) is 2. The van der Waals surface area contributed by atoms with Crippen LogP contribution in [0, 0.1) is 6.92 Å². The summed E-state index contributed by atoms with van der Waals surface area (Å²) in [5.41, 5.74) is 1.50. The molecule has 0 unspecified atom stereocenters. The van der Waals surface area contributed by atoms with Crippen LogP contribution in [0.25, 0.3) is 0 Å². The molecule has 1 rings (SSSR count). The first-order valence-corrected chi connectivity index (χ1v) is 4.04. The molecular weight excluding hydrogens is 208 g/mol. The lowest BCUT2D eigenvalue weighted by Crippen LogP contribution is -1.86. The van der Waals surface area contributed by atoms with Crippen LogP contribution < -0.4 is 0 Å². The highest BCUT2D eigenvalue weighted by atomic mass is 79.9. The van der Waals surface area contributed by atoms with Crippen molar-refractivity contribution in [2.75, 3.05) is 0 Å². The predicted molar refractivity (Wildman–Crippen MR) is 46.5 cm³/mol. The quantitative estimate of drug-likeness (QED) is 0.754.